The zero-order chi connectivity index (χ0) is 21.9. The summed E-state index contributed by atoms with van der Waals surface area (Å²) >= 11 is 1.32. The van der Waals surface area contributed by atoms with Crippen molar-refractivity contribution in [2.24, 2.45) is 0 Å². The second-order valence-corrected chi connectivity index (χ2v) is 8.71. The van der Waals surface area contributed by atoms with E-state index in [9.17, 15) is 9.59 Å². The van der Waals surface area contributed by atoms with Crippen molar-refractivity contribution in [2.75, 3.05) is 12.5 Å². The Balaban J connectivity index is 1.25. The third-order valence-corrected chi connectivity index (χ3v) is 6.63. The van der Waals surface area contributed by atoms with Crippen LogP contribution in [0, 0.1) is 0 Å². The molecule has 0 unspecified atom stereocenters. The molecule has 0 saturated heterocycles. The SMILES string of the molecule is O=C(CSc1nc(=O)n(Cc2ccco2)c2c1CCCC2)NCc1ccc2c(c1)OCO2. The van der Waals surface area contributed by atoms with Gasteiger partial charge >= 0.3 is 5.69 Å². The van der Waals surface area contributed by atoms with Crippen LogP contribution in [0.15, 0.2) is 50.8 Å². The van der Waals surface area contributed by atoms with Gasteiger partial charge in [-0.3, -0.25) is 9.36 Å². The van der Waals surface area contributed by atoms with Gasteiger partial charge in [0.05, 0.1) is 18.6 Å². The van der Waals surface area contributed by atoms with Gasteiger partial charge in [-0.1, -0.05) is 17.8 Å². The molecular weight excluding hydrogens is 430 g/mol. The summed E-state index contributed by atoms with van der Waals surface area (Å²) in [6.45, 7) is 0.994. The van der Waals surface area contributed by atoms with Gasteiger partial charge in [-0.2, -0.15) is 4.98 Å². The van der Waals surface area contributed by atoms with Gasteiger partial charge in [-0.25, -0.2) is 4.79 Å². The molecule has 3 aromatic rings. The third-order valence-electron chi connectivity index (χ3n) is 5.61. The molecule has 1 amide bonds. The molecule has 1 aromatic carbocycles. The topological polar surface area (TPSA) is 95.6 Å². The molecule has 0 radical (unpaired) electrons. The highest BCUT2D eigenvalue weighted by molar-refractivity contribution is 7.99. The number of amides is 1. The molecule has 9 heteroatoms. The molecular formula is C23H23N3O5S. The van der Waals surface area contributed by atoms with E-state index >= 15 is 0 Å². The average molecular weight is 454 g/mol. The highest BCUT2D eigenvalue weighted by Crippen LogP contribution is 2.32. The second kappa shape index (κ2) is 9.12. The predicted octanol–water partition coefficient (Wildman–Crippen LogP) is 2.90. The lowest BCUT2D eigenvalue weighted by atomic mass is 9.97. The number of nitrogens with zero attached hydrogens (tertiary/aromatic N) is 2. The molecule has 0 spiro atoms. The van der Waals surface area contributed by atoms with Gasteiger partial charge in [0, 0.05) is 17.8 Å². The van der Waals surface area contributed by atoms with Gasteiger partial charge in [0.2, 0.25) is 12.7 Å². The van der Waals surface area contributed by atoms with E-state index in [1.165, 1.54) is 11.8 Å². The number of rotatable bonds is 7. The molecule has 0 saturated carbocycles. The van der Waals surface area contributed by atoms with Crippen molar-refractivity contribution in [1.82, 2.24) is 14.9 Å². The molecule has 32 heavy (non-hydrogen) atoms. The molecule has 1 N–H and O–H groups in total. The van der Waals surface area contributed by atoms with Crippen LogP contribution in [0.2, 0.25) is 0 Å². The Labute approximate surface area is 188 Å². The molecule has 0 atom stereocenters. The largest absolute Gasteiger partial charge is 0.467 e. The normalized spacial score (nSPS) is 14.2. The molecule has 3 heterocycles. The quantitative estimate of drug-likeness (QED) is 0.434. The second-order valence-electron chi connectivity index (χ2n) is 7.75. The number of furan rings is 1. The molecule has 0 bridgehead atoms. The van der Waals surface area contributed by atoms with Crippen molar-refractivity contribution in [1.29, 1.82) is 0 Å². The Hall–Kier alpha value is -3.20. The number of aromatic nitrogens is 2. The molecule has 2 aromatic heterocycles. The standard InChI is InChI=1S/C23H23N3O5S/c27-21(24-11-15-7-8-19-20(10-15)31-14-30-19)13-32-22-17-5-1-2-6-18(17)26(23(28)25-22)12-16-4-3-9-29-16/h3-4,7-10H,1-2,5-6,11-14H2,(H,24,27). The number of thioether (sulfide) groups is 1. The monoisotopic (exact) mass is 453 g/mol. The number of carbonyl (C=O) groups is 1. The van der Waals surface area contributed by atoms with Gasteiger partial charge in [0.15, 0.2) is 11.5 Å². The first-order chi connectivity index (χ1) is 15.7. The minimum absolute atomic E-state index is 0.112. The Bertz CT molecular complexity index is 1190. The van der Waals surface area contributed by atoms with Crippen LogP contribution in [0.1, 0.15) is 35.4 Å². The van der Waals surface area contributed by atoms with Crippen LogP contribution in [0.4, 0.5) is 0 Å². The van der Waals surface area contributed by atoms with Crippen LogP contribution in [-0.2, 0) is 30.7 Å². The van der Waals surface area contributed by atoms with Crippen LogP contribution in [-0.4, -0.2) is 28.0 Å². The molecule has 8 nitrogen and oxygen atoms in total. The number of hydrogen-bond donors (Lipinski definition) is 1. The molecule has 1 aliphatic heterocycles. The zero-order valence-electron chi connectivity index (χ0n) is 17.5. The van der Waals surface area contributed by atoms with Crippen LogP contribution in [0.3, 0.4) is 0 Å². The summed E-state index contributed by atoms with van der Waals surface area (Å²) in [5, 5.41) is 3.58. The fourth-order valence-electron chi connectivity index (χ4n) is 4.03. The maximum absolute atomic E-state index is 12.8. The van der Waals surface area contributed by atoms with Crippen molar-refractivity contribution in [2.45, 2.75) is 43.8 Å². The predicted molar refractivity (Wildman–Crippen MR) is 118 cm³/mol. The van der Waals surface area contributed by atoms with E-state index in [0.29, 0.717) is 29.6 Å². The lowest BCUT2D eigenvalue weighted by molar-refractivity contribution is -0.118. The van der Waals surface area contributed by atoms with Crippen molar-refractivity contribution in [3.8, 4) is 11.5 Å². The van der Waals surface area contributed by atoms with Gasteiger partial charge in [-0.05, 0) is 55.5 Å². The van der Waals surface area contributed by atoms with E-state index < -0.39 is 0 Å². The number of benzene rings is 1. The van der Waals surface area contributed by atoms with Gasteiger partial charge < -0.3 is 19.2 Å². The molecule has 1 aliphatic carbocycles. The van der Waals surface area contributed by atoms with Crippen molar-refractivity contribution >= 4 is 17.7 Å². The summed E-state index contributed by atoms with van der Waals surface area (Å²) in [7, 11) is 0. The van der Waals surface area contributed by atoms with E-state index in [1.807, 2.05) is 30.3 Å². The van der Waals surface area contributed by atoms with Gasteiger partial charge in [0.1, 0.15) is 10.8 Å². The van der Waals surface area contributed by atoms with E-state index in [-0.39, 0.29) is 24.1 Å². The first kappa shape index (κ1) is 20.7. The first-order valence-electron chi connectivity index (χ1n) is 10.6. The minimum atomic E-state index is -0.301. The van der Waals surface area contributed by atoms with Crippen LogP contribution < -0.4 is 20.5 Å². The average Bonchev–Trinajstić information content (AvgIpc) is 3.50. The minimum Gasteiger partial charge on any atom is -0.467 e. The van der Waals surface area contributed by atoms with Crippen molar-refractivity contribution in [3.63, 3.8) is 0 Å². The van der Waals surface area contributed by atoms with E-state index in [4.69, 9.17) is 13.9 Å². The summed E-state index contributed by atoms with van der Waals surface area (Å²) in [6.07, 6.45) is 5.39. The Morgan fingerprint density at radius 2 is 2.03 bits per heavy atom. The van der Waals surface area contributed by atoms with Crippen molar-refractivity contribution in [3.05, 3.63) is 69.7 Å². The third kappa shape index (κ3) is 4.38. The summed E-state index contributed by atoms with van der Waals surface area (Å²) in [4.78, 5) is 29.5. The van der Waals surface area contributed by atoms with E-state index in [0.717, 1.165) is 48.3 Å². The highest BCUT2D eigenvalue weighted by atomic mass is 32.2. The number of nitrogens with one attached hydrogen (secondary N) is 1. The number of fused-ring (bicyclic) bond motifs is 2. The summed E-state index contributed by atoms with van der Waals surface area (Å²) in [5.74, 6) is 2.22. The molecule has 166 valence electrons. The van der Waals surface area contributed by atoms with E-state index in [1.54, 1.807) is 10.8 Å². The van der Waals surface area contributed by atoms with Crippen LogP contribution in [0.25, 0.3) is 0 Å². The van der Waals surface area contributed by atoms with E-state index in [2.05, 4.69) is 10.3 Å². The summed E-state index contributed by atoms with van der Waals surface area (Å²) < 4.78 is 17.8. The summed E-state index contributed by atoms with van der Waals surface area (Å²) in [5.41, 5.74) is 2.72. The number of carbonyl (C=O) groups excluding carboxylic acids is 1. The maximum Gasteiger partial charge on any atom is 0.349 e. The Morgan fingerprint density at radius 3 is 2.91 bits per heavy atom. The van der Waals surface area contributed by atoms with Crippen molar-refractivity contribution < 1.29 is 18.7 Å². The summed E-state index contributed by atoms with van der Waals surface area (Å²) in [6, 6.07) is 9.28. The molecule has 5 rings (SSSR count). The van der Waals surface area contributed by atoms with Crippen LogP contribution >= 0.6 is 11.8 Å². The fourth-order valence-corrected chi connectivity index (χ4v) is 4.93. The number of hydrogen-bond acceptors (Lipinski definition) is 7. The van der Waals surface area contributed by atoms with Gasteiger partial charge in [0.25, 0.3) is 0 Å². The number of ether oxygens (including phenoxy) is 2. The highest BCUT2D eigenvalue weighted by Gasteiger charge is 2.22. The first-order valence-corrected chi connectivity index (χ1v) is 11.6. The van der Waals surface area contributed by atoms with Crippen LogP contribution in [0.5, 0.6) is 11.5 Å². The lowest BCUT2D eigenvalue weighted by Crippen LogP contribution is -2.31. The smallest absolute Gasteiger partial charge is 0.349 e. The molecule has 2 aliphatic rings. The Morgan fingerprint density at radius 1 is 1.16 bits per heavy atom. The fraction of sp³-hybridized carbons (Fsp3) is 0.348. The molecule has 0 fully saturated rings. The Kier molecular flexibility index (Phi) is 5.89. The van der Waals surface area contributed by atoms with Gasteiger partial charge in [-0.15, -0.1) is 0 Å². The maximum atomic E-state index is 12.8. The lowest BCUT2D eigenvalue weighted by Gasteiger charge is -2.22. The zero-order valence-corrected chi connectivity index (χ0v) is 18.3.